The summed E-state index contributed by atoms with van der Waals surface area (Å²) in [4.78, 5) is 22.5. The molecule has 0 radical (unpaired) electrons. The number of amides is 1. The smallest absolute Gasteiger partial charge is 0.224 e. The third-order valence-corrected chi connectivity index (χ3v) is 5.00. The molecular formula is C25H35N3O2. The molecule has 3 rings (SSSR count). The SMILES string of the molecule is NCCCCCC(=O)Nc1ccc(Nc2ccccc2)cc1.O=C1CCCCCC1. The van der Waals surface area contributed by atoms with Crippen LogP contribution in [0, 0.1) is 0 Å². The Hall–Kier alpha value is -2.66. The van der Waals surface area contributed by atoms with E-state index in [1.165, 1.54) is 12.8 Å². The molecule has 5 heteroatoms. The second-order valence-corrected chi connectivity index (χ2v) is 7.67. The molecule has 0 atom stereocenters. The van der Waals surface area contributed by atoms with Crippen molar-refractivity contribution < 1.29 is 9.59 Å². The van der Waals surface area contributed by atoms with E-state index in [0.29, 0.717) is 18.7 Å². The lowest BCUT2D eigenvalue weighted by atomic mass is 10.2. The Balaban J connectivity index is 0.000000335. The van der Waals surface area contributed by atoms with Crippen LogP contribution in [0.1, 0.15) is 64.2 Å². The first-order chi connectivity index (χ1) is 14.7. The molecule has 0 spiro atoms. The summed E-state index contributed by atoms with van der Waals surface area (Å²) in [6, 6.07) is 17.7. The van der Waals surface area contributed by atoms with E-state index in [1.807, 2.05) is 54.6 Å². The Bertz CT molecular complexity index is 735. The maximum absolute atomic E-state index is 11.8. The Morgan fingerprint density at radius 1 is 0.767 bits per heavy atom. The molecule has 0 aromatic heterocycles. The fourth-order valence-electron chi connectivity index (χ4n) is 3.28. The third kappa shape index (κ3) is 10.2. The first-order valence-electron chi connectivity index (χ1n) is 11.1. The third-order valence-electron chi connectivity index (χ3n) is 5.00. The van der Waals surface area contributed by atoms with Crippen molar-refractivity contribution >= 4 is 28.8 Å². The van der Waals surface area contributed by atoms with E-state index in [1.54, 1.807) is 0 Å². The molecule has 0 heterocycles. The van der Waals surface area contributed by atoms with Gasteiger partial charge in [-0.15, -0.1) is 0 Å². The average Bonchev–Trinajstić information content (AvgIpc) is 3.01. The highest BCUT2D eigenvalue weighted by molar-refractivity contribution is 5.90. The Morgan fingerprint density at radius 3 is 2.00 bits per heavy atom. The molecule has 0 bridgehead atoms. The number of para-hydroxylation sites is 1. The number of hydrogen-bond acceptors (Lipinski definition) is 4. The Labute approximate surface area is 180 Å². The van der Waals surface area contributed by atoms with Crippen LogP contribution in [-0.2, 0) is 9.59 Å². The summed E-state index contributed by atoms with van der Waals surface area (Å²) in [6.07, 6.45) is 9.92. The van der Waals surface area contributed by atoms with Gasteiger partial charge >= 0.3 is 0 Å². The van der Waals surface area contributed by atoms with E-state index in [-0.39, 0.29) is 5.91 Å². The molecule has 1 aliphatic carbocycles. The molecule has 1 fully saturated rings. The summed E-state index contributed by atoms with van der Waals surface area (Å²) in [7, 11) is 0. The number of anilines is 3. The Kier molecular flexibility index (Phi) is 11.3. The molecule has 1 amide bonds. The molecule has 1 aliphatic rings. The number of nitrogens with one attached hydrogen (secondary N) is 2. The molecule has 30 heavy (non-hydrogen) atoms. The van der Waals surface area contributed by atoms with Crippen LogP contribution in [0.5, 0.6) is 0 Å². The van der Waals surface area contributed by atoms with Gasteiger partial charge in [0, 0.05) is 36.3 Å². The number of nitrogens with two attached hydrogens (primary N) is 1. The predicted octanol–water partition coefficient (Wildman–Crippen LogP) is 5.80. The lowest BCUT2D eigenvalue weighted by Gasteiger charge is -2.08. The molecule has 0 unspecified atom stereocenters. The number of rotatable bonds is 8. The highest BCUT2D eigenvalue weighted by Crippen LogP contribution is 2.19. The van der Waals surface area contributed by atoms with E-state index in [2.05, 4.69) is 10.6 Å². The van der Waals surface area contributed by atoms with Crippen LogP contribution in [0.4, 0.5) is 17.1 Å². The highest BCUT2D eigenvalue weighted by atomic mass is 16.1. The maximum Gasteiger partial charge on any atom is 0.224 e. The second-order valence-electron chi connectivity index (χ2n) is 7.67. The lowest BCUT2D eigenvalue weighted by Crippen LogP contribution is -2.11. The van der Waals surface area contributed by atoms with Gasteiger partial charge in [-0.05, 0) is 68.6 Å². The van der Waals surface area contributed by atoms with Crippen molar-refractivity contribution in [3.63, 3.8) is 0 Å². The topological polar surface area (TPSA) is 84.2 Å². The first-order valence-corrected chi connectivity index (χ1v) is 11.1. The first kappa shape index (κ1) is 23.6. The molecule has 0 saturated heterocycles. The van der Waals surface area contributed by atoms with E-state index >= 15 is 0 Å². The minimum Gasteiger partial charge on any atom is -0.356 e. The monoisotopic (exact) mass is 409 g/mol. The molecule has 5 nitrogen and oxygen atoms in total. The van der Waals surface area contributed by atoms with Gasteiger partial charge in [-0.1, -0.05) is 37.5 Å². The normalized spacial score (nSPS) is 13.6. The van der Waals surface area contributed by atoms with E-state index < -0.39 is 0 Å². The van der Waals surface area contributed by atoms with E-state index in [9.17, 15) is 9.59 Å². The molecule has 1 saturated carbocycles. The van der Waals surface area contributed by atoms with Crippen LogP contribution in [0.25, 0.3) is 0 Å². The van der Waals surface area contributed by atoms with E-state index in [0.717, 1.165) is 62.0 Å². The summed E-state index contributed by atoms with van der Waals surface area (Å²) in [5.74, 6) is 0.531. The van der Waals surface area contributed by atoms with Gasteiger partial charge in [0.2, 0.25) is 5.91 Å². The maximum atomic E-state index is 11.8. The number of carbonyl (C=O) groups excluding carboxylic acids is 2. The number of benzene rings is 2. The van der Waals surface area contributed by atoms with Crippen molar-refractivity contribution in [1.29, 1.82) is 0 Å². The zero-order valence-corrected chi connectivity index (χ0v) is 17.9. The molecular weight excluding hydrogens is 374 g/mol. The Morgan fingerprint density at radius 2 is 1.37 bits per heavy atom. The number of ketones is 1. The summed E-state index contributed by atoms with van der Waals surface area (Å²) >= 11 is 0. The van der Waals surface area contributed by atoms with Crippen molar-refractivity contribution in [3.8, 4) is 0 Å². The minimum atomic E-state index is 0.0563. The number of carbonyl (C=O) groups is 2. The second kappa shape index (κ2) is 14.3. The zero-order valence-electron chi connectivity index (χ0n) is 17.9. The molecule has 162 valence electrons. The zero-order chi connectivity index (χ0) is 21.4. The number of Topliss-reactive ketones (excluding diaryl/α,β-unsaturated/α-hetero) is 1. The van der Waals surface area contributed by atoms with Crippen molar-refractivity contribution in [2.75, 3.05) is 17.2 Å². The molecule has 0 aliphatic heterocycles. The number of hydrogen-bond donors (Lipinski definition) is 3. The molecule has 2 aromatic rings. The summed E-state index contributed by atoms with van der Waals surface area (Å²) in [5, 5.41) is 6.22. The van der Waals surface area contributed by atoms with Gasteiger partial charge < -0.3 is 16.4 Å². The summed E-state index contributed by atoms with van der Waals surface area (Å²) < 4.78 is 0. The van der Waals surface area contributed by atoms with Gasteiger partial charge in [-0.25, -0.2) is 0 Å². The highest BCUT2D eigenvalue weighted by Gasteiger charge is 2.05. The van der Waals surface area contributed by atoms with Gasteiger partial charge in [0.1, 0.15) is 5.78 Å². The average molecular weight is 410 g/mol. The summed E-state index contributed by atoms with van der Waals surface area (Å²) in [5.41, 5.74) is 8.29. The van der Waals surface area contributed by atoms with Crippen LogP contribution in [0.15, 0.2) is 54.6 Å². The molecule has 4 N–H and O–H groups in total. The van der Waals surface area contributed by atoms with Crippen LogP contribution in [0.2, 0.25) is 0 Å². The van der Waals surface area contributed by atoms with Crippen molar-refractivity contribution in [1.82, 2.24) is 0 Å². The fraction of sp³-hybridized carbons (Fsp3) is 0.440. The predicted molar refractivity (Wildman–Crippen MR) is 125 cm³/mol. The van der Waals surface area contributed by atoms with Crippen molar-refractivity contribution in [2.24, 2.45) is 5.73 Å². The quantitative estimate of drug-likeness (QED) is 0.380. The van der Waals surface area contributed by atoms with Crippen molar-refractivity contribution in [3.05, 3.63) is 54.6 Å². The van der Waals surface area contributed by atoms with Crippen LogP contribution < -0.4 is 16.4 Å². The van der Waals surface area contributed by atoms with Crippen LogP contribution >= 0.6 is 0 Å². The van der Waals surface area contributed by atoms with Crippen molar-refractivity contribution in [2.45, 2.75) is 64.2 Å². The summed E-state index contributed by atoms with van der Waals surface area (Å²) in [6.45, 7) is 0.692. The van der Waals surface area contributed by atoms with Gasteiger partial charge in [0.15, 0.2) is 0 Å². The van der Waals surface area contributed by atoms with Gasteiger partial charge in [-0.3, -0.25) is 9.59 Å². The minimum absolute atomic E-state index is 0.0563. The fourth-order valence-corrected chi connectivity index (χ4v) is 3.28. The van der Waals surface area contributed by atoms with Gasteiger partial charge in [-0.2, -0.15) is 0 Å². The largest absolute Gasteiger partial charge is 0.356 e. The van der Waals surface area contributed by atoms with Gasteiger partial charge in [0.25, 0.3) is 0 Å². The molecule has 2 aromatic carbocycles. The lowest BCUT2D eigenvalue weighted by molar-refractivity contribution is -0.119. The van der Waals surface area contributed by atoms with Crippen LogP contribution in [0.3, 0.4) is 0 Å². The van der Waals surface area contributed by atoms with E-state index in [4.69, 9.17) is 5.73 Å². The standard InChI is InChI=1S/C18H23N3O.C7H12O/c19-14-6-2-5-9-18(22)21-17-12-10-16(11-13-17)20-15-7-3-1-4-8-15;8-7-5-3-1-2-4-6-7/h1,3-4,7-8,10-13,20H,2,5-6,9,14,19H2,(H,21,22);1-6H2. The van der Waals surface area contributed by atoms with Crippen LogP contribution in [-0.4, -0.2) is 18.2 Å². The van der Waals surface area contributed by atoms with Gasteiger partial charge in [0.05, 0.1) is 0 Å². The number of unbranched alkanes of at least 4 members (excludes halogenated alkanes) is 2.